The molecule has 0 radical (unpaired) electrons. The summed E-state index contributed by atoms with van der Waals surface area (Å²) in [5.74, 6) is 0.0908. The smallest absolute Gasteiger partial charge is 0.255 e. The number of hydrogen-bond donors (Lipinski definition) is 1. The van der Waals surface area contributed by atoms with Gasteiger partial charge in [-0.3, -0.25) is 14.0 Å². The molecule has 9 heteroatoms. The number of aryl methyl sites for hydroxylation is 1. The van der Waals surface area contributed by atoms with E-state index in [4.69, 9.17) is 0 Å². The molecule has 1 atom stereocenters. The number of halogens is 1. The van der Waals surface area contributed by atoms with Crippen LogP contribution in [0.2, 0.25) is 0 Å². The predicted molar refractivity (Wildman–Crippen MR) is 128 cm³/mol. The largest absolute Gasteiger partial charge is 0.322 e. The Kier molecular flexibility index (Phi) is 6.52. The molecule has 0 fully saturated rings. The normalized spacial score (nSPS) is 11.8. The molecule has 31 heavy (non-hydrogen) atoms. The Morgan fingerprint density at radius 3 is 2.61 bits per heavy atom. The molecule has 0 saturated carbocycles. The third kappa shape index (κ3) is 5.05. The second kappa shape index (κ2) is 9.48. The molecule has 2 heterocycles. The van der Waals surface area contributed by atoms with E-state index < -0.39 is 10.8 Å². The Morgan fingerprint density at radius 1 is 1.13 bits per heavy atom. The van der Waals surface area contributed by atoms with E-state index in [1.165, 1.54) is 6.33 Å². The van der Waals surface area contributed by atoms with Gasteiger partial charge in [-0.25, -0.2) is 0 Å². The molecule has 1 amide bonds. The third-order valence-electron chi connectivity index (χ3n) is 4.55. The van der Waals surface area contributed by atoms with E-state index in [1.54, 1.807) is 42.1 Å². The second-order valence-electron chi connectivity index (χ2n) is 6.77. The molecule has 2 aromatic heterocycles. The SMILES string of the molecule is Cn1cnnc1S(=O)Cc1ccc(C(=O)Nc2ccc(I)c(-c3ccccn3)c2)cc1. The van der Waals surface area contributed by atoms with Crippen LogP contribution in [0.25, 0.3) is 11.3 Å². The molecule has 7 nitrogen and oxygen atoms in total. The van der Waals surface area contributed by atoms with Crippen LogP contribution in [0, 0.1) is 3.57 Å². The summed E-state index contributed by atoms with van der Waals surface area (Å²) >= 11 is 2.26. The highest BCUT2D eigenvalue weighted by atomic mass is 127. The molecule has 1 N–H and O–H groups in total. The summed E-state index contributed by atoms with van der Waals surface area (Å²) in [6, 6.07) is 18.5. The molecule has 0 aliphatic rings. The monoisotopic (exact) mass is 543 g/mol. The number of carbonyl (C=O) groups excluding carboxylic acids is 1. The number of carbonyl (C=O) groups is 1. The summed E-state index contributed by atoms with van der Waals surface area (Å²) in [4.78, 5) is 17.1. The molecule has 2 aromatic carbocycles. The number of pyridine rings is 1. The van der Waals surface area contributed by atoms with Gasteiger partial charge in [-0.1, -0.05) is 18.2 Å². The minimum Gasteiger partial charge on any atom is -0.322 e. The van der Waals surface area contributed by atoms with E-state index in [0.717, 1.165) is 20.4 Å². The van der Waals surface area contributed by atoms with E-state index >= 15 is 0 Å². The lowest BCUT2D eigenvalue weighted by atomic mass is 10.1. The highest BCUT2D eigenvalue weighted by Gasteiger charge is 2.13. The quantitative estimate of drug-likeness (QED) is 0.371. The molecule has 0 saturated heterocycles. The van der Waals surface area contributed by atoms with Crippen LogP contribution in [0.15, 0.2) is 78.3 Å². The average molecular weight is 543 g/mol. The van der Waals surface area contributed by atoms with Crippen LogP contribution < -0.4 is 5.32 Å². The third-order valence-corrected chi connectivity index (χ3v) is 6.87. The summed E-state index contributed by atoms with van der Waals surface area (Å²) in [6.45, 7) is 0. The van der Waals surface area contributed by atoms with E-state index in [2.05, 4.69) is 43.1 Å². The number of rotatable bonds is 6. The van der Waals surface area contributed by atoms with Crippen LogP contribution in [0.4, 0.5) is 5.69 Å². The van der Waals surface area contributed by atoms with Gasteiger partial charge in [0, 0.05) is 33.6 Å². The maximum atomic E-state index is 12.7. The molecule has 156 valence electrons. The lowest BCUT2D eigenvalue weighted by Crippen LogP contribution is -2.12. The molecule has 0 aliphatic heterocycles. The standard InChI is InChI=1S/C22H18IN5O2S/c1-28-14-25-27-22(28)31(30)13-15-5-7-16(8-6-15)21(29)26-17-9-10-19(23)18(12-17)20-4-2-3-11-24-20/h2-12,14H,13H2,1H3,(H,26,29). The first-order valence-corrected chi connectivity index (χ1v) is 11.7. The molecule has 1 unspecified atom stereocenters. The van der Waals surface area contributed by atoms with Crippen molar-refractivity contribution in [1.29, 1.82) is 0 Å². The van der Waals surface area contributed by atoms with Gasteiger partial charge in [-0.15, -0.1) is 10.2 Å². The number of anilines is 1. The van der Waals surface area contributed by atoms with E-state index in [1.807, 2.05) is 36.4 Å². The lowest BCUT2D eigenvalue weighted by Gasteiger charge is -2.10. The molecule has 0 bridgehead atoms. The van der Waals surface area contributed by atoms with E-state index in [9.17, 15) is 9.00 Å². The fourth-order valence-corrected chi connectivity index (χ4v) is 4.71. The van der Waals surface area contributed by atoms with Gasteiger partial charge in [-0.2, -0.15) is 0 Å². The lowest BCUT2D eigenvalue weighted by molar-refractivity contribution is 0.102. The highest BCUT2D eigenvalue weighted by molar-refractivity contribution is 14.1. The predicted octanol–water partition coefficient (Wildman–Crippen LogP) is 4.04. The first-order valence-electron chi connectivity index (χ1n) is 9.35. The van der Waals surface area contributed by atoms with Gasteiger partial charge in [0.05, 0.1) is 22.2 Å². The summed E-state index contributed by atoms with van der Waals surface area (Å²) in [5.41, 5.74) is 3.87. The van der Waals surface area contributed by atoms with Gasteiger partial charge in [0.15, 0.2) is 0 Å². The van der Waals surface area contributed by atoms with Crippen molar-refractivity contribution in [3.05, 3.63) is 87.9 Å². The van der Waals surface area contributed by atoms with Gasteiger partial charge in [-0.05, 0) is 70.6 Å². The molecule has 4 rings (SSSR count). The van der Waals surface area contributed by atoms with Crippen LogP contribution in [0.3, 0.4) is 0 Å². The summed E-state index contributed by atoms with van der Waals surface area (Å²) in [7, 11) is 0.450. The number of nitrogens with one attached hydrogen (secondary N) is 1. The molecular formula is C22H18IN5O2S. The number of hydrogen-bond acceptors (Lipinski definition) is 5. The van der Waals surface area contributed by atoms with Crippen LogP contribution in [0.5, 0.6) is 0 Å². The van der Waals surface area contributed by atoms with Gasteiger partial charge in [0.2, 0.25) is 5.16 Å². The topological polar surface area (TPSA) is 89.8 Å². The van der Waals surface area contributed by atoms with Crippen molar-refractivity contribution in [2.24, 2.45) is 7.05 Å². The van der Waals surface area contributed by atoms with Crippen LogP contribution in [0.1, 0.15) is 15.9 Å². The van der Waals surface area contributed by atoms with Crippen molar-refractivity contribution in [2.45, 2.75) is 10.9 Å². The molecule has 4 aromatic rings. The van der Waals surface area contributed by atoms with Crippen LogP contribution in [-0.4, -0.2) is 29.9 Å². The number of aromatic nitrogens is 4. The number of benzene rings is 2. The van der Waals surface area contributed by atoms with Crippen molar-refractivity contribution >= 4 is 45.0 Å². The molecule has 0 aliphatic carbocycles. The fraction of sp³-hybridized carbons (Fsp3) is 0.0909. The van der Waals surface area contributed by atoms with Crippen molar-refractivity contribution in [3.8, 4) is 11.3 Å². The minimum atomic E-state index is -1.30. The maximum Gasteiger partial charge on any atom is 0.255 e. The zero-order valence-corrected chi connectivity index (χ0v) is 19.5. The van der Waals surface area contributed by atoms with Crippen molar-refractivity contribution < 1.29 is 9.00 Å². The Bertz CT molecular complexity index is 1240. The summed E-state index contributed by atoms with van der Waals surface area (Å²) in [6.07, 6.45) is 3.26. The summed E-state index contributed by atoms with van der Waals surface area (Å²) < 4.78 is 15.1. The van der Waals surface area contributed by atoms with E-state index in [0.29, 0.717) is 22.2 Å². The van der Waals surface area contributed by atoms with E-state index in [-0.39, 0.29) is 5.91 Å². The van der Waals surface area contributed by atoms with Crippen LogP contribution >= 0.6 is 22.6 Å². The molecular weight excluding hydrogens is 525 g/mol. The first kappa shape index (κ1) is 21.3. The Labute approximate surface area is 195 Å². The number of nitrogens with zero attached hydrogens (tertiary/aromatic N) is 4. The summed E-state index contributed by atoms with van der Waals surface area (Å²) in [5, 5.41) is 11.0. The van der Waals surface area contributed by atoms with Gasteiger partial charge < -0.3 is 9.88 Å². The zero-order valence-electron chi connectivity index (χ0n) is 16.5. The Morgan fingerprint density at radius 2 is 1.94 bits per heavy atom. The zero-order chi connectivity index (χ0) is 21.8. The Hall–Kier alpha value is -2.92. The number of amides is 1. The maximum absolute atomic E-state index is 12.7. The Balaban J connectivity index is 1.46. The highest BCUT2D eigenvalue weighted by Crippen LogP contribution is 2.27. The van der Waals surface area contributed by atoms with Gasteiger partial charge in [0.25, 0.3) is 5.91 Å². The average Bonchev–Trinajstić information content (AvgIpc) is 3.22. The first-order chi connectivity index (χ1) is 15.0. The molecule has 0 spiro atoms. The van der Waals surface area contributed by atoms with Crippen molar-refractivity contribution in [1.82, 2.24) is 19.7 Å². The minimum absolute atomic E-state index is 0.214. The van der Waals surface area contributed by atoms with Crippen molar-refractivity contribution in [2.75, 3.05) is 5.32 Å². The van der Waals surface area contributed by atoms with Gasteiger partial charge >= 0.3 is 0 Å². The van der Waals surface area contributed by atoms with Crippen molar-refractivity contribution in [3.63, 3.8) is 0 Å². The second-order valence-corrected chi connectivity index (χ2v) is 9.28. The fourth-order valence-electron chi connectivity index (χ4n) is 2.97. The van der Waals surface area contributed by atoms with Crippen LogP contribution in [-0.2, 0) is 23.6 Å². The van der Waals surface area contributed by atoms with Gasteiger partial charge in [0.1, 0.15) is 6.33 Å².